The zero-order chi connectivity index (χ0) is 9.73. The van der Waals surface area contributed by atoms with Crippen LogP contribution in [0.25, 0.3) is 0 Å². The summed E-state index contributed by atoms with van der Waals surface area (Å²) in [6, 6.07) is 0. The Morgan fingerprint density at radius 3 is 3.00 bits per heavy atom. The van der Waals surface area contributed by atoms with Crippen LogP contribution in [0.2, 0.25) is 0 Å². The molecule has 1 aliphatic rings. The number of hydrogen-bond donors (Lipinski definition) is 1. The molecular weight excluding hydrogens is 186 g/mol. The second kappa shape index (κ2) is 4.86. The van der Waals surface area contributed by atoms with E-state index in [-0.39, 0.29) is 11.5 Å². The monoisotopic (exact) mass is 203 g/mol. The summed E-state index contributed by atoms with van der Waals surface area (Å²) in [5.41, 5.74) is 5.81. The highest BCUT2D eigenvalue weighted by Crippen LogP contribution is 2.26. The van der Waals surface area contributed by atoms with E-state index in [0.29, 0.717) is 6.42 Å². The number of hydrogen-bond acceptors (Lipinski definition) is 4. The maximum Gasteiger partial charge on any atom is 0.307 e. The number of carbonyl (C=O) groups is 1. The molecule has 1 fully saturated rings. The molecule has 1 aliphatic heterocycles. The van der Waals surface area contributed by atoms with Crippen LogP contribution in [0.1, 0.15) is 25.7 Å². The third-order valence-corrected chi connectivity index (χ3v) is 3.50. The van der Waals surface area contributed by atoms with Gasteiger partial charge in [0.05, 0.1) is 13.5 Å². The Morgan fingerprint density at radius 1 is 1.54 bits per heavy atom. The van der Waals surface area contributed by atoms with Gasteiger partial charge in [-0.25, -0.2) is 0 Å². The van der Waals surface area contributed by atoms with Gasteiger partial charge in [-0.15, -0.1) is 0 Å². The SMILES string of the molecule is COC(=O)CC1(N)CCCSCC1. The molecule has 0 radical (unpaired) electrons. The maximum atomic E-state index is 11.1. The first-order valence-corrected chi connectivity index (χ1v) is 5.75. The Kier molecular flexibility index (Phi) is 4.06. The smallest absolute Gasteiger partial charge is 0.307 e. The fourth-order valence-corrected chi connectivity index (χ4v) is 2.67. The number of carbonyl (C=O) groups excluding carboxylic acids is 1. The predicted molar refractivity (Wildman–Crippen MR) is 54.7 cm³/mol. The van der Waals surface area contributed by atoms with Crippen molar-refractivity contribution in [2.24, 2.45) is 5.73 Å². The molecule has 3 nitrogen and oxygen atoms in total. The first-order chi connectivity index (χ1) is 6.16. The van der Waals surface area contributed by atoms with Gasteiger partial charge < -0.3 is 10.5 Å². The number of esters is 1. The van der Waals surface area contributed by atoms with Gasteiger partial charge in [-0.05, 0) is 30.8 Å². The van der Waals surface area contributed by atoms with Crippen LogP contribution in [0.5, 0.6) is 0 Å². The molecule has 0 aromatic heterocycles. The molecule has 1 atom stereocenters. The van der Waals surface area contributed by atoms with Crippen LogP contribution in [0, 0.1) is 0 Å². The van der Waals surface area contributed by atoms with Gasteiger partial charge in [-0.1, -0.05) is 0 Å². The van der Waals surface area contributed by atoms with Gasteiger partial charge in [-0.3, -0.25) is 4.79 Å². The molecule has 1 unspecified atom stereocenters. The third-order valence-electron chi connectivity index (χ3n) is 2.43. The lowest BCUT2D eigenvalue weighted by Crippen LogP contribution is -2.42. The largest absolute Gasteiger partial charge is 0.469 e. The predicted octanol–water partition coefficient (Wildman–Crippen LogP) is 1.16. The van der Waals surface area contributed by atoms with Crippen LogP contribution < -0.4 is 5.73 Å². The molecule has 0 bridgehead atoms. The normalized spacial score (nSPS) is 29.4. The van der Waals surface area contributed by atoms with Crippen molar-refractivity contribution in [3.8, 4) is 0 Å². The Bertz CT molecular complexity index is 176. The minimum Gasteiger partial charge on any atom is -0.469 e. The van der Waals surface area contributed by atoms with Crippen molar-refractivity contribution in [3.63, 3.8) is 0 Å². The van der Waals surface area contributed by atoms with Crippen LogP contribution >= 0.6 is 11.8 Å². The number of thioether (sulfide) groups is 1. The summed E-state index contributed by atoms with van der Waals surface area (Å²) in [5, 5.41) is 0. The minimum absolute atomic E-state index is 0.186. The van der Waals surface area contributed by atoms with E-state index in [1.807, 2.05) is 11.8 Å². The van der Waals surface area contributed by atoms with Gasteiger partial charge in [0.15, 0.2) is 0 Å². The first-order valence-electron chi connectivity index (χ1n) is 4.60. The summed E-state index contributed by atoms with van der Waals surface area (Å²) in [5.74, 6) is 2.04. The van der Waals surface area contributed by atoms with E-state index >= 15 is 0 Å². The summed E-state index contributed by atoms with van der Waals surface area (Å²) >= 11 is 1.92. The second-order valence-corrected chi connectivity index (χ2v) is 4.81. The van der Waals surface area contributed by atoms with Crippen molar-refractivity contribution < 1.29 is 9.53 Å². The average Bonchev–Trinajstić information content (AvgIpc) is 2.30. The molecule has 76 valence electrons. The molecule has 4 heteroatoms. The first kappa shape index (κ1) is 10.9. The number of nitrogens with two attached hydrogens (primary N) is 1. The number of methoxy groups -OCH3 is 1. The van der Waals surface area contributed by atoms with E-state index in [0.717, 1.165) is 25.0 Å². The van der Waals surface area contributed by atoms with E-state index in [9.17, 15) is 4.79 Å². The minimum atomic E-state index is -0.309. The molecular formula is C9H17NO2S. The Hall–Kier alpha value is -0.220. The third kappa shape index (κ3) is 3.56. The molecule has 0 saturated carbocycles. The van der Waals surface area contributed by atoms with E-state index in [1.54, 1.807) is 0 Å². The van der Waals surface area contributed by atoms with E-state index < -0.39 is 0 Å². The molecule has 0 aromatic carbocycles. The van der Waals surface area contributed by atoms with Crippen LogP contribution in [0.4, 0.5) is 0 Å². The Balaban J connectivity index is 2.46. The van der Waals surface area contributed by atoms with Gasteiger partial charge in [0.25, 0.3) is 0 Å². The second-order valence-electron chi connectivity index (χ2n) is 3.58. The van der Waals surface area contributed by atoms with E-state index in [2.05, 4.69) is 4.74 Å². The molecule has 1 rings (SSSR count). The van der Waals surface area contributed by atoms with Gasteiger partial charge >= 0.3 is 5.97 Å². The molecule has 2 N–H and O–H groups in total. The van der Waals surface area contributed by atoms with E-state index in [4.69, 9.17) is 5.73 Å². The number of rotatable bonds is 2. The average molecular weight is 203 g/mol. The Labute approximate surface area is 83.4 Å². The fraction of sp³-hybridized carbons (Fsp3) is 0.889. The van der Waals surface area contributed by atoms with Gasteiger partial charge in [0, 0.05) is 5.54 Å². The highest BCUT2D eigenvalue weighted by molar-refractivity contribution is 7.99. The van der Waals surface area contributed by atoms with Crippen molar-refractivity contribution in [1.29, 1.82) is 0 Å². The highest BCUT2D eigenvalue weighted by Gasteiger charge is 2.29. The summed E-state index contributed by atoms with van der Waals surface area (Å²) in [6.45, 7) is 0. The van der Waals surface area contributed by atoms with Crippen molar-refractivity contribution in [3.05, 3.63) is 0 Å². The van der Waals surface area contributed by atoms with Gasteiger partial charge in [0.1, 0.15) is 0 Å². The zero-order valence-corrected chi connectivity index (χ0v) is 8.86. The lowest BCUT2D eigenvalue weighted by Gasteiger charge is -2.26. The van der Waals surface area contributed by atoms with E-state index in [1.165, 1.54) is 12.9 Å². The molecule has 1 saturated heterocycles. The molecule has 0 aromatic rings. The lowest BCUT2D eigenvalue weighted by atomic mass is 9.88. The zero-order valence-electron chi connectivity index (χ0n) is 8.04. The summed E-state index contributed by atoms with van der Waals surface area (Å²) < 4.78 is 4.63. The molecule has 0 aliphatic carbocycles. The Morgan fingerprint density at radius 2 is 2.31 bits per heavy atom. The summed E-state index contributed by atoms with van der Waals surface area (Å²) in [4.78, 5) is 11.1. The summed E-state index contributed by atoms with van der Waals surface area (Å²) in [7, 11) is 1.41. The number of ether oxygens (including phenoxy) is 1. The van der Waals surface area contributed by atoms with Gasteiger partial charge in [-0.2, -0.15) is 11.8 Å². The molecule has 13 heavy (non-hydrogen) atoms. The topological polar surface area (TPSA) is 52.3 Å². The highest BCUT2D eigenvalue weighted by atomic mass is 32.2. The quantitative estimate of drug-likeness (QED) is 0.684. The van der Waals surface area contributed by atoms with Crippen molar-refractivity contribution in [2.75, 3.05) is 18.6 Å². The molecule has 0 spiro atoms. The van der Waals surface area contributed by atoms with Crippen LogP contribution in [0.15, 0.2) is 0 Å². The molecule has 0 amide bonds. The lowest BCUT2D eigenvalue weighted by molar-refractivity contribution is -0.142. The van der Waals surface area contributed by atoms with Gasteiger partial charge in [0.2, 0.25) is 0 Å². The standard InChI is InChI=1S/C9H17NO2S/c1-12-8(11)7-9(10)3-2-5-13-6-4-9/h2-7,10H2,1H3. The summed E-state index contributed by atoms with van der Waals surface area (Å²) in [6.07, 6.45) is 3.34. The van der Waals surface area contributed by atoms with Crippen LogP contribution in [-0.4, -0.2) is 30.1 Å². The van der Waals surface area contributed by atoms with Crippen molar-refractivity contribution in [2.45, 2.75) is 31.2 Å². The van der Waals surface area contributed by atoms with Crippen LogP contribution in [0.3, 0.4) is 0 Å². The van der Waals surface area contributed by atoms with Crippen molar-refractivity contribution in [1.82, 2.24) is 0 Å². The van der Waals surface area contributed by atoms with Crippen LogP contribution in [-0.2, 0) is 9.53 Å². The molecule has 1 heterocycles. The fourth-order valence-electron chi connectivity index (χ4n) is 1.57. The maximum absolute atomic E-state index is 11.1. The van der Waals surface area contributed by atoms with Crippen molar-refractivity contribution >= 4 is 17.7 Å².